The molecule has 0 aliphatic carbocycles. The second-order valence-corrected chi connectivity index (χ2v) is 7.64. The summed E-state index contributed by atoms with van der Waals surface area (Å²) in [6.45, 7) is 3.85. The highest BCUT2D eigenvalue weighted by atomic mass is 35.5. The standard InChI is InChI=1S/C17H18ClF3N4S/c1-11-10-24(16-9-12(17(19,20)21)8-15(18)23-16)6-7-25(11)26-14-4-2-13(22)3-5-14/h2-5,8-9,11H,6-7,10,22H2,1H3. The first-order chi connectivity index (χ1) is 12.2. The van der Waals surface area contributed by atoms with Gasteiger partial charge in [0.2, 0.25) is 0 Å². The Morgan fingerprint density at radius 2 is 1.88 bits per heavy atom. The van der Waals surface area contributed by atoms with Gasteiger partial charge in [-0.25, -0.2) is 9.29 Å². The zero-order valence-corrected chi connectivity index (χ0v) is 15.6. The predicted octanol–water partition coefficient (Wildman–Crippen LogP) is 4.55. The van der Waals surface area contributed by atoms with Crippen molar-refractivity contribution in [3.8, 4) is 0 Å². The molecule has 4 nitrogen and oxygen atoms in total. The molecular weight excluding hydrogens is 385 g/mol. The van der Waals surface area contributed by atoms with Crippen molar-refractivity contribution in [3.63, 3.8) is 0 Å². The molecule has 2 heterocycles. The smallest absolute Gasteiger partial charge is 0.399 e. The minimum atomic E-state index is -4.44. The van der Waals surface area contributed by atoms with Crippen molar-refractivity contribution in [2.75, 3.05) is 30.3 Å². The van der Waals surface area contributed by atoms with E-state index >= 15 is 0 Å². The minimum Gasteiger partial charge on any atom is -0.399 e. The zero-order valence-electron chi connectivity index (χ0n) is 14.0. The lowest BCUT2D eigenvalue weighted by Gasteiger charge is -2.39. The van der Waals surface area contributed by atoms with Crippen molar-refractivity contribution in [1.82, 2.24) is 9.29 Å². The van der Waals surface area contributed by atoms with Gasteiger partial charge in [0.15, 0.2) is 0 Å². The summed E-state index contributed by atoms with van der Waals surface area (Å²) in [6.07, 6.45) is -4.44. The summed E-state index contributed by atoms with van der Waals surface area (Å²) in [4.78, 5) is 6.98. The Morgan fingerprint density at radius 1 is 1.19 bits per heavy atom. The maximum absolute atomic E-state index is 13.0. The first-order valence-electron chi connectivity index (χ1n) is 8.02. The van der Waals surface area contributed by atoms with Crippen LogP contribution in [-0.2, 0) is 6.18 Å². The van der Waals surface area contributed by atoms with Gasteiger partial charge in [0, 0.05) is 36.3 Å². The number of alkyl halides is 3. The van der Waals surface area contributed by atoms with E-state index in [-0.39, 0.29) is 17.0 Å². The number of halogens is 4. The zero-order chi connectivity index (χ0) is 18.9. The monoisotopic (exact) mass is 402 g/mol. The molecule has 1 aromatic heterocycles. The number of nitrogen functional groups attached to an aromatic ring is 1. The van der Waals surface area contributed by atoms with Gasteiger partial charge in [-0.05, 0) is 55.3 Å². The normalized spacial score (nSPS) is 19.0. The van der Waals surface area contributed by atoms with Gasteiger partial charge in [0.25, 0.3) is 0 Å². The van der Waals surface area contributed by atoms with E-state index in [0.29, 0.717) is 25.3 Å². The van der Waals surface area contributed by atoms with E-state index in [0.717, 1.165) is 17.0 Å². The van der Waals surface area contributed by atoms with E-state index in [2.05, 4.69) is 9.29 Å². The fourth-order valence-corrected chi connectivity index (χ4v) is 3.91. The lowest BCUT2D eigenvalue weighted by atomic mass is 10.2. The quantitative estimate of drug-likeness (QED) is 0.463. The minimum absolute atomic E-state index is 0.126. The fraction of sp³-hybridized carbons (Fsp3) is 0.353. The van der Waals surface area contributed by atoms with Gasteiger partial charge in [-0.15, -0.1) is 0 Å². The molecule has 0 radical (unpaired) electrons. The molecule has 1 aliphatic heterocycles. The van der Waals surface area contributed by atoms with E-state index < -0.39 is 11.7 Å². The van der Waals surface area contributed by atoms with Crippen LogP contribution in [0.5, 0.6) is 0 Å². The third-order valence-corrected chi connectivity index (χ3v) is 5.55. The van der Waals surface area contributed by atoms with E-state index in [1.165, 1.54) is 0 Å². The summed E-state index contributed by atoms with van der Waals surface area (Å²) < 4.78 is 41.2. The van der Waals surface area contributed by atoms with Crippen molar-refractivity contribution in [1.29, 1.82) is 0 Å². The molecule has 0 spiro atoms. The van der Waals surface area contributed by atoms with Crippen molar-refractivity contribution in [2.45, 2.75) is 24.0 Å². The second-order valence-electron chi connectivity index (χ2n) is 6.13. The number of anilines is 2. The number of piperazine rings is 1. The Kier molecular flexibility index (Phi) is 5.55. The molecule has 2 N–H and O–H groups in total. The van der Waals surface area contributed by atoms with Crippen LogP contribution in [0.4, 0.5) is 24.7 Å². The van der Waals surface area contributed by atoms with Crippen LogP contribution >= 0.6 is 23.5 Å². The topological polar surface area (TPSA) is 45.4 Å². The molecule has 9 heteroatoms. The van der Waals surface area contributed by atoms with Crippen LogP contribution in [0.3, 0.4) is 0 Å². The Balaban J connectivity index is 1.70. The van der Waals surface area contributed by atoms with Crippen LogP contribution < -0.4 is 10.6 Å². The van der Waals surface area contributed by atoms with Crippen LogP contribution in [0.2, 0.25) is 5.15 Å². The summed E-state index contributed by atoms with van der Waals surface area (Å²) in [5, 5.41) is -0.152. The number of nitrogens with zero attached hydrogens (tertiary/aromatic N) is 3. The van der Waals surface area contributed by atoms with Crippen LogP contribution in [-0.4, -0.2) is 35.0 Å². The number of rotatable bonds is 3. The molecule has 1 aromatic carbocycles. The van der Waals surface area contributed by atoms with Crippen LogP contribution in [0.15, 0.2) is 41.3 Å². The highest BCUT2D eigenvalue weighted by Crippen LogP contribution is 2.34. The number of hydrogen-bond donors (Lipinski definition) is 1. The third-order valence-electron chi connectivity index (χ3n) is 4.10. The maximum atomic E-state index is 13.0. The second kappa shape index (κ2) is 7.54. The molecule has 3 rings (SSSR count). The van der Waals surface area contributed by atoms with E-state index in [9.17, 15) is 13.2 Å². The first kappa shape index (κ1) is 19.1. The summed E-state index contributed by atoms with van der Waals surface area (Å²) in [5.41, 5.74) is 5.63. The van der Waals surface area contributed by atoms with Crippen LogP contribution in [0.1, 0.15) is 12.5 Å². The van der Waals surface area contributed by atoms with E-state index in [1.54, 1.807) is 11.9 Å². The van der Waals surface area contributed by atoms with Crippen molar-refractivity contribution < 1.29 is 13.2 Å². The van der Waals surface area contributed by atoms with Gasteiger partial charge in [-0.3, -0.25) is 0 Å². The molecule has 26 heavy (non-hydrogen) atoms. The summed E-state index contributed by atoms with van der Waals surface area (Å²) in [6, 6.07) is 9.63. The molecule has 0 bridgehead atoms. The lowest BCUT2D eigenvalue weighted by Crippen LogP contribution is -2.49. The molecule has 1 aliphatic rings. The SMILES string of the molecule is CC1CN(c2cc(C(F)(F)F)cc(Cl)n2)CCN1Sc1ccc(N)cc1. The van der Waals surface area contributed by atoms with Crippen molar-refractivity contribution in [2.24, 2.45) is 0 Å². The Hall–Kier alpha value is -1.64. The molecule has 1 unspecified atom stereocenters. The molecular formula is C17H18ClF3N4S. The Bertz CT molecular complexity index is 770. The average molecular weight is 403 g/mol. The molecule has 1 fully saturated rings. The van der Waals surface area contributed by atoms with Gasteiger partial charge < -0.3 is 10.6 Å². The summed E-state index contributed by atoms with van der Waals surface area (Å²) in [5.74, 6) is 0.258. The van der Waals surface area contributed by atoms with Crippen molar-refractivity contribution in [3.05, 3.63) is 47.1 Å². The van der Waals surface area contributed by atoms with Gasteiger partial charge >= 0.3 is 6.18 Å². The van der Waals surface area contributed by atoms with Gasteiger partial charge in [0.05, 0.1) is 5.56 Å². The van der Waals surface area contributed by atoms with Gasteiger partial charge in [0.1, 0.15) is 11.0 Å². The van der Waals surface area contributed by atoms with Crippen LogP contribution in [0, 0.1) is 0 Å². The van der Waals surface area contributed by atoms with E-state index in [1.807, 2.05) is 36.1 Å². The molecule has 2 aromatic rings. The predicted molar refractivity (Wildman–Crippen MR) is 99.3 cm³/mol. The Labute approximate surface area is 159 Å². The molecule has 1 atom stereocenters. The fourth-order valence-electron chi connectivity index (χ4n) is 2.76. The maximum Gasteiger partial charge on any atom is 0.416 e. The average Bonchev–Trinajstić information content (AvgIpc) is 2.57. The molecule has 0 amide bonds. The third kappa shape index (κ3) is 4.55. The Morgan fingerprint density at radius 3 is 2.50 bits per heavy atom. The molecule has 140 valence electrons. The number of aromatic nitrogens is 1. The molecule has 0 saturated carbocycles. The highest BCUT2D eigenvalue weighted by molar-refractivity contribution is 7.97. The first-order valence-corrected chi connectivity index (χ1v) is 9.17. The van der Waals surface area contributed by atoms with Gasteiger partial charge in [-0.1, -0.05) is 11.6 Å². The van der Waals surface area contributed by atoms with E-state index in [4.69, 9.17) is 17.3 Å². The number of pyridine rings is 1. The number of nitrogens with two attached hydrogens (primary N) is 1. The highest BCUT2D eigenvalue weighted by Gasteiger charge is 2.33. The van der Waals surface area contributed by atoms with Gasteiger partial charge in [-0.2, -0.15) is 13.2 Å². The van der Waals surface area contributed by atoms with Crippen LogP contribution in [0.25, 0.3) is 0 Å². The number of hydrogen-bond acceptors (Lipinski definition) is 5. The molecule has 1 saturated heterocycles. The summed E-state index contributed by atoms with van der Waals surface area (Å²) >= 11 is 7.41. The van der Waals surface area contributed by atoms with Crippen molar-refractivity contribution >= 4 is 35.1 Å². The lowest BCUT2D eigenvalue weighted by molar-refractivity contribution is -0.137. The number of benzene rings is 1. The summed E-state index contributed by atoms with van der Waals surface area (Å²) in [7, 11) is 0. The largest absolute Gasteiger partial charge is 0.416 e.